The van der Waals surface area contributed by atoms with Gasteiger partial charge >= 0.3 is 18.1 Å². The number of ether oxygens (including phenoxy) is 5. The topological polar surface area (TPSA) is 80.3 Å². The number of halogens is 3. The molecule has 10 heteroatoms. The van der Waals surface area contributed by atoms with Crippen molar-refractivity contribution in [1.82, 2.24) is 0 Å². The summed E-state index contributed by atoms with van der Waals surface area (Å²) in [6, 6.07) is 6.78. The van der Waals surface area contributed by atoms with Crippen molar-refractivity contribution < 1.29 is 46.4 Å². The molecule has 2 saturated carbocycles. The molecule has 1 aromatic rings. The molecule has 2 aliphatic carbocycles. The van der Waals surface area contributed by atoms with Gasteiger partial charge in [0.2, 0.25) is 0 Å². The number of fused-ring (bicyclic) bond motifs is 1. The minimum atomic E-state index is -5.10. The molecule has 218 valence electrons. The van der Waals surface area contributed by atoms with Gasteiger partial charge in [-0.1, -0.05) is 50.6 Å². The van der Waals surface area contributed by atoms with Crippen molar-refractivity contribution in [3.8, 4) is 0 Å². The lowest BCUT2D eigenvalue weighted by atomic mass is 9.44. The van der Waals surface area contributed by atoms with Gasteiger partial charge in [0.25, 0.3) is 5.60 Å². The van der Waals surface area contributed by atoms with Crippen molar-refractivity contribution in [1.29, 1.82) is 0 Å². The van der Waals surface area contributed by atoms with Crippen LogP contribution in [0.25, 0.3) is 0 Å². The van der Waals surface area contributed by atoms with E-state index in [1.54, 1.807) is 12.1 Å². The van der Waals surface area contributed by atoms with Gasteiger partial charge < -0.3 is 23.7 Å². The zero-order chi connectivity index (χ0) is 28.8. The predicted octanol–water partition coefficient (Wildman–Crippen LogP) is 5.22. The van der Waals surface area contributed by atoms with Crippen molar-refractivity contribution in [2.75, 3.05) is 13.7 Å². The summed E-state index contributed by atoms with van der Waals surface area (Å²) in [5, 5.41) is 0. The Hall–Kier alpha value is -2.59. The molecular weight excluding hydrogens is 529 g/mol. The third-order valence-corrected chi connectivity index (χ3v) is 10.8. The average molecular weight is 565 g/mol. The Morgan fingerprint density at radius 1 is 1.12 bits per heavy atom. The Bertz CT molecular complexity index is 1240. The highest BCUT2D eigenvalue weighted by Crippen LogP contribution is 2.70. The molecule has 0 bridgehead atoms. The van der Waals surface area contributed by atoms with Gasteiger partial charge in [-0.3, -0.25) is 4.79 Å². The van der Waals surface area contributed by atoms with Crippen molar-refractivity contribution in [2.24, 2.45) is 22.7 Å². The summed E-state index contributed by atoms with van der Waals surface area (Å²) >= 11 is 0. The number of carbonyl (C=O) groups excluding carboxylic acids is 2. The van der Waals surface area contributed by atoms with Gasteiger partial charge in [-0.05, 0) is 38.2 Å². The molecular formula is C30H35F3O7. The first-order valence-electron chi connectivity index (χ1n) is 13.9. The smallest absolute Gasteiger partial charge is 0.432 e. The second-order valence-electron chi connectivity index (χ2n) is 12.7. The van der Waals surface area contributed by atoms with Crippen molar-refractivity contribution >= 4 is 11.9 Å². The average Bonchev–Trinajstić information content (AvgIpc) is 3.56. The van der Waals surface area contributed by atoms with E-state index in [1.807, 2.05) is 13.8 Å². The van der Waals surface area contributed by atoms with Crippen LogP contribution in [0.5, 0.6) is 0 Å². The summed E-state index contributed by atoms with van der Waals surface area (Å²) in [7, 11) is 0.854. The Morgan fingerprint density at radius 3 is 2.48 bits per heavy atom. The van der Waals surface area contributed by atoms with Crippen molar-refractivity contribution in [2.45, 2.75) is 88.1 Å². The first-order chi connectivity index (χ1) is 18.8. The number of carbonyl (C=O) groups is 2. The maximum Gasteiger partial charge on any atom is 0.432 e. The number of alkyl halides is 3. The minimum Gasteiger partial charge on any atom is -0.498 e. The fourth-order valence-corrected chi connectivity index (χ4v) is 8.93. The molecule has 2 saturated heterocycles. The molecule has 9 atom stereocenters. The van der Waals surface area contributed by atoms with Crippen LogP contribution in [0.3, 0.4) is 0 Å². The Labute approximate surface area is 231 Å². The van der Waals surface area contributed by atoms with Crippen LogP contribution in [0.2, 0.25) is 0 Å². The Kier molecular flexibility index (Phi) is 6.00. The fraction of sp³-hybridized carbons (Fsp3) is 0.667. The molecule has 0 aromatic heterocycles. The van der Waals surface area contributed by atoms with Crippen LogP contribution in [0.4, 0.5) is 13.2 Å². The van der Waals surface area contributed by atoms with E-state index in [2.05, 4.69) is 6.92 Å². The minimum absolute atomic E-state index is 0.00632. The normalized spacial score (nSPS) is 43.3. The molecule has 0 amide bonds. The number of benzene rings is 1. The summed E-state index contributed by atoms with van der Waals surface area (Å²) in [5.41, 5.74) is -7.10. The molecule has 3 aliphatic heterocycles. The Morgan fingerprint density at radius 2 is 1.85 bits per heavy atom. The largest absolute Gasteiger partial charge is 0.498 e. The number of esters is 2. The highest BCUT2D eigenvalue weighted by Gasteiger charge is 2.77. The van der Waals surface area contributed by atoms with E-state index in [-0.39, 0.29) is 42.5 Å². The predicted molar refractivity (Wildman–Crippen MR) is 135 cm³/mol. The maximum absolute atomic E-state index is 14.7. The fourth-order valence-electron chi connectivity index (χ4n) is 8.93. The summed E-state index contributed by atoms with van der Waals surface area (Å²) < 4.78 is 73.4. The van der Waals surface area contributed by atoms with E-state index >= 15 is 0 Å². The van der Waals surface area contributed by atoms with Gasteiger partial charge in [-0.25, -0.2) is 4.79 Å². The first-order valence-corrected chi connectivity index (χ1v) is 13.9. The van der Waals surface area contributed by atoms with Crippen LogP contribution in [0.1, 0.15) is 58.4 Å². The number of methoxy groups -OCH3 is 1. The lowest BCUT2D eigenvalue weighted by molar-refractivity contribution is -0.280. The van der Waals surface area contributed by atoms with Crippen LogP contribution in [-0.4, -0.2) is 55.2 Å². The van der Waals surface area contributed by atoms with Gasteiger partial charge in [0.05, 0.1) is 17.3 Å². The number of hydrogen-bond donors (Lipinski definition) is 0. The monoisotopic (exact) mass is 564 g/mol. The van der Waals surface area contributed by atoms with Crippen LogP contribution < -0.4 is 0 Å². The lowest BCUT2D eigenvalue weighted by Gasteiger charge is -2.61. The van der Waals surface area contributed by atoms with Gasteiger partial charge in [-0.2, -0.15) is 13.2 Å². The molecule has 1 aromatic carbocycles. The van der Waals surface area contributed by atoms with E-state index < -0.39 is 45.9 Å². The van der Waals surface area contributed by atoms with Gasteiger partial charge in [-0.15, -0.1) is 0 Å². The second kappa shape index (κ2) is 8.71. The molecule has 0 unspecified atom stereocenters. The third kappa shape index (κ3) is 3.32. The quantitative estimate of drug-likeness (QED) is 0.464. The Balaban J connectivity index is 1.41. The van der Waals surface area contributed by atoms with Crippen LogP contribution in [-0.2, 0) is 38.9 Å². The molecule has 0 radical (unpaired) electrons. The molecule has 3 heterocycles. The van der Waals surface area contributed by atoms with E-state index in [0.29, 0.717) is 12.8 Å². The summed E-state index contributed by atoms with van der Waals surface area (Å²) in [6.07, 6.45) is -0.411. The van der Waals surface area contributed by atoms with E-state index in [1.165, 1.54) is 30.5 Å². The number of rotatable bonds is 4. The number of hydrogen-bond acceptors (Lipinski definition) is 7. The van der Waals surface area contributed by atoms with Crippen LogP contribution in [0.15, 0.2) is 42.7 Å². The SMILES string of the molecule is CO[C@@](C(=O)O[C@H]1C[C@@]2(O[C@@]13C=COC3)[C@H](C)C[C@H]1OC(=O)[C@@]3(C)CCC[C@@]2(C)[C@@H]13)(c1ccccc1)C(F)(F)F. The second-order valence-corrected chi connectivity index (χ2v) is 12.7. The highest BCUT2D eigenvalue weighted by atomic mass is 19.4. The molecule has 6 rings (SSSR count). The third-order valence-electron chi connectivity index (χ3n) is 10.8. The molecule has 4 fully saturated rings. The zero-order valence-electron chi connectivity index (χ0n) is 23.1. The molecule has 2 spiro atoms. The maximum atomic E-state index is 14.7. The van der Waals surface area contributed by atoms with Crippen LogP contribution >= 0.6 is 0 Å². The van der Waals surface area contributed by atoms with E-state index in [4.69, 9.17) is 23.7 Å². The zero-order valence-corrected chi connectivity index (χ0v) is 23.1. The summed E-state index contributed by atoms with van der Waals surface area (Å²) in [5.74, 6) is -2.02. The summed E-state index contributed by atoms with van der Waals surface area (Å²) in [4.78, 5) is 26.8. The van der Waals surface area contributed by atoms with Gasteiger partial charge in [0.15, 0.2) is 5.60 Å². The van der Waals surface area contributed by atoms with E-state index in [0.717, 1.165) is 20.0 Å². The molecule has 40 heavy (non-hydrogen) atoms. The van der Waals surface area contributed by atoms with Crippen molar-refractivity contribution in [3.63, 3.8) is 0 Å². The van der Waals surface area contributed by atoms with Crippen LogP contribution in [0, 0.1) is 22.7 Å². The first kappa shape index (κ1) is 27.6. The van der Waals surface area contributed by atoms with Gasteiger partial charge in [0, 0.05) is 30.4 Å². The highest BCUT2D eigenvalue weighted by molar-refractivity contribution is 5.83. The molecule has 0 N–H and O–H groups in total. The molecule has 7 nitrogen and oxygen atoms in total. The van der Waals surface area contributed by atoms with Crippen molar-refractivity contribution in [3.05, 3.63) is 48.2 Å². The molecule has 5 aliphatic rings. The summed E-state index contributed by atoms with van der Waals surface area (Å²) in [6.45, 7) is 6.08. The van der Waals surface area contributed by atoms with E-state index in [9.17, 15) is 22.8 Å². The standard InChI is InChI=1S/C30H35F3O7/c1-18-15-20-22-25(2,23(34)38-20)11-8-12-26(22,3)28(18)16-21(27(40-28)13-14-37-17-27)39-24(35)29(36-4,30(31,32)33)19-9-6-5-7-10-19/h5-7,9-10,13-14,18,20-22H,8,11-12,15-17H2,1-4H3/t18-,20-,21+,22+,25+,26+,27-,28-,29-/m1/s1. The lowest BCUT2D eigenvalue weighted by Crippen LogP contribution is -2.65. The van der Waals surface area contributed by atoms with Gasteiger partial charge in [0.1, 0.15) is 18.8 Å².